The number of carbonyl (C=O) groups excluding carboxylic acids is 1. The first-order valence-electron chi connectivity index (χ1n) is 9.28. The van der Waals surface area contributed by atoms with Gasteiger partial charge in [-0.3, -0.25) is 4.79 Å². The number of piperidine rings is 1. The van der Waals surface area contributed by atoms with Crippen molar-refractivity contribution in [2.24, 2.45) is 5.92 Å². The third-order valence-corrected chi connectivity index (χ3v) is 6.09. The van der Waals surface area contributed by atoms with Gasteiger partial charge in [-0.25, -0.2) is 4.98 Å². The van der Waals surface area contributed by atoms with Crippen LogP contribution >= 0.6 is 11.8 Å². The molecule has 3 heterocycles. The molecule has 1 saturated heterocycles. The number of fused-ring (bicyclic) bond motifs is 2. The summed E-state index contributed by atoms with van der Waals surface area (Å²) in [4.78, 5) is 19.4. The molecule has 0 N–H and O–H groups in total. The lowest BCUT2D eigenvalue weighted by Crippen LogP contribution is -2.40. The van der Waals surface area contributed by atoms with E-state index in [0.29, 0.717) is 11.7 Å². The Hall–Kier alpha value is -1.95. The van der Waals surface area contributed by atoms with E-state index in [4.69, 9.17) is 14.5 Å². The first kappa shape index (κ1) is 17.5. The number of pyridine rings is 1. The second-order valence-corrected chi connectivity index (χ2v) is 8.04. The molecule has 0 bridgehead atoms. The maximum Gasteiger partial charge on any atom is 0.232 e. The molecule has 0 aliphatic carbocycles. The van der Waals surface area contributed by atoms with Crippen LogP contribution in [0.4, 0.5) is 0 Å². The van der Waals surface area contributed by atoms with E-state index in [9.17, 15) is 4.79 Å². The Bertz CT molecular complexity index is 839. The predicted molar refractivity (Wildman–Crippen MR) is 103 cm³/mol. The number of hydrogen-bond donors (Lipinski definition) is 0. The van der Waals surface area contributed by atoms with Crippen LogP contribution in [-0.2, 0) is 11.2 Å². The fourth-order valence-electron chi connectivity index (χ4n) is 3.61. The van der Waals surface area contributed by atoms with Crippen LogP contribution in [0.15, 0.2) is 23.2 Å². The van der Waals surface area contributed by atoms with Gasteiger partial charge in [0.15, 0.2) is 11.5 Å². The highest BCUT2D eigenvalue weighted by Gasteiger charge is 2.22. The van der Waals surface area contributed by atoms with Gasteiger partial charge >= 0.3 is 0 Å². The summed E-state index contributed by atoms with van der Waals surface area (Å²) in [5.41, 5.74) is 2.05. The molecule has 138 valence electrons. The number of amides is 1. The average molecular weight is 372 g/mol. The Morgan fingerprint density at radius 1 is 1.31 bits per heavy atom. The summed E-state index contributed by atoms with van der Waals surface area (Å²) in [5.74, 6) is 2.78. The van der Waals surface area contributed by atoms with Crippen LogP contribution in [-0.4, -0.2) is 41.4 Å². The molecule has 0 radical (unpaired) electrons. The summed E-state index contributed by atoms with van der Waals surface area (Å²) in [6.45, 7) is 6.37. The lowest BCUT2D eigenvalue weighted by Gasteiger charge is -2.30. The molecule has 1 aromatic heterocycles. The minimum atomic E-state index is 0.219. The second-order valence-electron chi connectivity index (χ2n) is 7.08. The molecule has 4 rings (SSSR count). The Balaban J connectivity index is 1.53. The van der Waals surface area contributed by atoms with Crippen LogP contribution in [0.2, 0.25) is 0 Å². The molecule has 6 heteroatoms. The summed E-state index contributed by atoms with van der Waals surface area (Å²) in [5, 5.41) is 1.99. The van der Waals surface area contributed by atoms with Gasteiger partial charge in [-0.15, -0.1) is 0 Å². The maximum absolute atomic E-state index is 12.6. The second kappa shape index (κ2) is 7.35. The molecule has 1 fully saturated rings. The Labute approximate surface area is 158 Å². The average Bonchev–Trinajstić information content (AvgIpc) is 3.10. The fourth-order valence-corrected chi connectivity index (χ4v) is 4.60. The maximum atomic E-state index is 12.6. The smallest absolute Gasteiger partial charge is 0.232 e. The predicted octanol–water partition coefficient (Wildman–Crippen LogP) is 3.88. The van der Waals surface area contributed by atoms with Gasteiger partial charge in [0.25, 0.3) is 0 Å². The minimum absolute atomic E-state index is 0.219. The molecule has 26 heavy (non-hydrogen) atoms. The molecule has 1 aromatic carbocycles. The largest absolute Gasteiger partial charge is 0.454 e. The quantitative estimate of drug-likeness (QED) is 0.763. The fraction of sp³-hybridized carbons (Fsp3) is 0.500. The molecule has 1 atom stereocenters. The van der Waals surface area contributed by atoms with E-state index < -0.39 is 0 Å². The van der Waals surface area contributed by atoms with Crippen molar-refractivity contribution in [2.75, 3.05) is 25.6 Å². The van der Waals surface area contributed by atoms with E-state index in [2.05, 4.69) is 19.9 Å². The van der Waals surface area contributed by atoms with Gasteiger partial charge in [-0.1, -0.05) is 25.6 Å². The SMILES string of the molecule is CCc1cc2cc3c(cc2nc1SCC(=O)N1CCC[C@@H](C)C1)OCO3. The van der Waals surface area contributed by atoms with Crippen molar-refractivity contribution in [1.82, 2.24) is 9.88 Å². The van der Waals surface area contributed by atoms with Gasteiger partial charge < -0.3 is 14.4 Å². The van der Waals surface area contributed by atoms with E-state index in [0.717, 1.165) is 53.4 Å². The monoisotopic (exact) mass is 372 g/mol. The van der Waals surface area contributed by atoms with Crippen LogP contribution < -0.4 is 9.47 Å². The zero-order valence-corrected chi connectivity index (χ0v) is 16.1. The number of carbonyl (C=O) groups is 1. The normalized spacial score (nSPS) is 19.2. The molecule has 2 aromatic rings. The van der Waals surface area contributed by atoms with Gasteiger partial charge in [-0.05, 0) is 42.9 Å². The molecule has 5 nitrogen and oxygen atoms in total. The Morgan fingerprint density at radius 2 is 2.12 bits per heavy atom. The van der Waals surface area contributed by atoms with Gasteiger partial charge in [0.1, 0.15) is 5.03 Å². The van der Waals surface area contributed by atoms with E-state index in [1.165, 1.54) is 12.0 Å². The van der Waals surface area contributed by atoms with Crippen molar-refractivity contribution in [2.45, 2.75) is 38.1 Å². The zero-order chi connectivity index (χ0) is 18.1. The summed E-state index contributed by atoms with van der Waals surface area (Å²) in [6.07, 6.45) is 3.22. The van der Waals surface area contributed by atoms with Gasteiger partial charge in [-0.2, -0.15) is 0 Å². The number of hydrogen-bond acceptors (Lipinski definition) is 5. The number of benzene rings is 1. The van der Waals surface area contributed by atoms with Crippen LogP contribution in [0.1, 0.15) is 32.3 Å². The van der Waals surface area contributed by atoms with Crippen molar-refractivity contribution in [3.8, 4) is 11.5 Å². The Morgan fingerprint density at radius 3 is 2.88 bits per heavy atom. The molecular weight excluding hydrogens is 348 g/mol. The van der Waals surface area contributed by atoms with Crippen LogP contribution in [0.25, 0.3) is 10.9 Å². The van der Waals surface area contributed by atoms with Crippen molar-refractivity contribution in [1.29, 1.82) is 0 Å². The number of rotatable bonds is 4. The summed E-state index contributed by atoms with van der Waals surface area (Å²) < 4.78 is 10.9. The third kappa shape index (κ3) is 3.47. The number of nitrogens with zero attached hydrogens (tertiary/aromatic N) is 2. The number of ether oxygens (including phenoxy) is 2. The number of aryl methyl sites for hydroxylation is 1. The van der Waals surface area contributed by atoms with Crippen LogP contribution in [0.5, 0.6) is 11.5 Å². The van der Waals surface area contributed by atoms with Crippen molar-refractivity contribution >= 4 is 28.6 Å². The third-order valence-electron chi connectivity index (χ3n) is 5.07. The lowest BCUT2D eigenvalue weighted by atomic mass is 10.0. The first-order valence-corrected chi connectivity index (χ1v) is 10.3. The zero-order valence-electron chi connectivity index (χ0n) is 15.3. The molecule has 0 unspecified atom stereocenters. The van der Waals surface area contributed by atoms with Crippen LogP contribution in [0.3, 0.4) is 0 Å². The highest BCUT2D eigenvalue weighted by Crippen LogP contribution is 2.37. The van der Waals surface area contributed by atoms with Crippen LogP contribution in [0, 0.1) is 5.92 Å². The Kier molecular flexibility index (Phi) is 4.94. The molecule has 0 saturated carbocycles. The van der Waals surface area contributed by atoms with E-state index >= 15 is 0 Å². The summed E-state index contributed by atoms with van der Waals surface area (Å²) >= 11 is 1.55. The standard InChI is InChI=1S/C20H24N2O3S/c1-3-14-7-15-8-17-18(25-12-24-17)9-16(15)21-20(14)26-11-19(23)22-6-4-5-13(2)10-22/h7-9,13H,3-6,10-12H2,1-2H3/t13-/m1/s1. The highest BCUT2D eigenvalue weighted by atomic mass is 32.2. The van der Waals surface area contributed by atoms with Crippen molar-refractivity contribution < 1.29 is 14.3 Å². The molecular formula is C20H24N2O3S. The topological polar surface area (TPSA) is 51.7 Å². The molecule has 1 amide bonds. The number of thioether (sulfide) groups is 1. The van der Waals surface area contributed by atoms with Gasteiger partial charge in [0.2, 0.25) is 12.7 Å². The van der Waals surface area contributed by atoms with E-state index in [1.54, 1.807) is 11.8 Å². The highest BCUT2D eigenvalue weighted by molar-refractivity contribution is 7.99. The van der Waals surface area contributed by atoms with E-state index in [1.807, 2.05) is 17.0 Å². The van der Waals surface area contributed by atoms with Crippen molar-refractivity contribution in [3.63, 3.8) is 0 Å². The molecule has 2 aliphatic rings. The number of likely N-dealkylation sites (tertiary alicyclic amines) is 1. The van der Waals surface area contributed by atoms with E-state index in [-0.39, 0.29) is 12.7 Å². The first-order chi connectivity index (χ1) is 12.6. The minimum Gasteiger partial charge on any atom is -0.454 e. The summed E-state index contributed by atoms with van der Waals surface area (Å²) in [6, 6.07) is 6.06. The molecule has 2 aliphatic heterocycles. The van der Waals surface area contributed by atoms with Gasteiger partial charge in [0.05, 0.1) is 11.3 Å². The van der Waals surface area contributed by atoms with Crippen molar-refractivity contribution in [3.05, 3.63) is 23.8 Å². The van der Waals surface area contributed by atoms with Gasteiger partial charge in [0, 0.05) is 24.5 Å². The lowest BCUT2D eigenvalue weighted by molar-refractivity contribution is -0.130. The number of aromatic nitrogens is 1. The molecule has 0 spiro atoms. The summed E-state index contributed by atoms with van der Waals surface area (Å²) in [7, 11) is 0.